The van der Waals surface area contributed by atoms with Crippen molar-refractivity contribution in [3.8, 4) is 17.5 Å². The first-order valence-corrected chi connectivity index (χ1v) is 9.16. The van der Waals surface area contributed by atoms with Crippen LogP contribution in [0.2, 0.25) is 0 Å². The Kier molecular flexibility index (Phi) is 5.05. The lowest BCUT2D eigenvalue weighted by Crippen LogP contribution is -2.46. The van der Waals surface area contributed by atoms with Gasteiger partial charge in [-0.25, -0.2) is 14.5 Å². The predicted molar refractivity (Wildman–Crippen MR) is 101 cm³/mol. The van der Waals surface area contributed by atoms with Crippen LogP contribution in [-0.4, -0.2) is 61.2 Å². The lowest BCUT2D eigenvalue weighted by molar-refractivity contribution is -0.135. The van der Waals surface area contributed by atoms with Gasteiger partial charge in [0.05, 0.1) is 17.3 Å². The van der Waals surface area contributed by atoms with E-state index in [4.69, 9.17) is 5.11 Å². The van der Waals surface area contributed by atoms with Crippen LogP contribution < -0.4 is 5.32 Å². The monoisotopic (exact) mass is 395 g/mol. The molecule has 0 unspecified atom stereocenters. The van der Waals surface area contributed by atoms with E-state index in [1.165, 1.54) is 4.90 Å². The van der Waals surface area contributed by atoms with Gasteiger partial charge in [0.25, 0.3) is 0 Å². The van der Waals surface area contributed by atoms with E-state index in [-0.39, 0.29) is 29.3 Å². The summed E-state index contributed by atoms with van der Waals surface area (Å²) >= 11 is 0. The van der Waals surface area contributed by atoms with Crippen molar-refractivity contribution in [2.45, 2.75) is 18.9 Å². The minimum absolute atomic E-state index is 0.0925. The third kappa shape index (κ3) is 3.60. The molecule has 29 heavy (non-hydrogen) atoms. The number of anilines is 1. The number of carbonyl (C=O) groups is 1. The molecule has 1 atom stereocenters. The Bertz CT molecular complexity index is 1110. The van der Waals surface area contributed by atoms with Gasteiger partial charge in [0.1, 0.15) is 12.7 Å². The second-order valence-corrected chi connectivity index (χ2v) is 6.74. The minimum Gasteiger partial charge on any atom is -0.387 e. The van der Waals surface area contributed by atoms with Crippen LogP contribution in [0, 0.1) is 17.1 Å². The summed E-state index contributed by atoms with van der Waals surface area (Å²) in [7, 11) is 0. The van der Waals surface area contributed by atoms with Gasteiger partial charge in [0.15, 0.2) is 17.3 Å². The Morgan fingerprint density at radius 3 is 3.07 bits per heavy atom. The number of likely N-dealkylation sites (tertiary alicyclic amines) is 1. The Labute approximate surface area is 165 Å². The quantitative estimate of drug-likeness (QED) is 0.681. The Hall–Kier alpha value is -3.58. The van der Waals surface area contributed by atoms with Gasteiger partial charge >= 0.3 is 0 Å². The molecule has 1 saturated heterocycles. The number of halogens is 1. The number of rotatable bonds is 4. The highest BCUT2D eigenvalue weighted by Crippen LogP contribution is 2.26. The molecule has 0 spiro atoms. The van der Waals surface area contributed by atoms with E-state index < -0.39 is 12.4 Å². The molecule has 0 saturated carbocycles. The molecule has 3 aromatic heterocycles. The summed E-state index contributed by atoms with van der Waals surface area (Å²) in [6.45, 7) is 0.295. The Morgan fingerprint density at radius 1 is 1.41 bits per heavy atom. The SMILES string of the molecule is N#Cc1nc(-c2cnn3ccccc23)nc(N[C@@H]2CCCN(C(=O)CO)C2)c1F. The summed E-state index contributed by atoms with van der Waals surface area (Å²) in [5.41, 5.74) is 0.934. The molecule has 0 aliphatic carbocycles. The molecule has 0 radical (unpaired) electrons. The van der Waals surface area contributed by atoms with Gasteiger partial charge in [-0.05, 0) is 25.0 Å². The first kappa shape index (κ1) is 18.8. The summed E-state index contributed by atoms with van der Waals surface area (Å²) in [5.74, 6) is -1.11. The molecule has 1 fully saturated rings. The third-order valence-electron chi connectivity index (χ3n) is 4.87. The topological polar surface area (TPSA) is 119 Å². The number of aliphatic hydroxyl groups excluding tert-OH is 1. The predicted octanol–water partition coefficient (Wildman–Crippen LogP) is 1.20. The summed E-state index contributed by atoms with van der Waals surface area (Å²) in [5, 5.41) is 25.6. The molecule has 148 valence electrons. The summed E-state index contributed by atoms with van der Waals surface area (Å²) < 4.78 is 16.4. The highest BCUT2D eigenvalue weighted by molar-refractivity contribution is 5.77. The van der Waals surface area contributed by atoms with Crippen LogP contribution in [0.25, 0.3) is 16.9 Å². The van der Waals surface area contributed by atoms with E-state index in [0.29, 0.717) is 31.5 Å². The molecule has 2 N–H and O–H groups in total. The standard InChI is InChI=1S/C19H18FN7O2/c20-17-14(8-21)24-18(13-9-22-27-7-2-1-5-15(13)27)25-19(17)23-12-4-3-6-26(10-12)16(29)11-28/h1-2,5,7,9,12,28H,3-4,6,10-11H2,(H,23,24,25)/t12-/m1/s1. The molecule has 1 amide bonds. The van der Waals surface area contributed by atoms with Crippen LogP contribution in [0.1, 0.15) is 18.5 Å². The van der Waals surface area contributed by atoms with Gasteiger partial charge in [-0.15, -0.1) is 0 Å². The zero-order valence-electron chi connectivity index (χ0n) is 15.4. The van der Waals surface area contributed by atoms with Gasteiger partial charge in [0, 0.05) is 25.3 Å². The number of piperidine rings is 1. The summed E-state index contributed by atoms with van der Waals surface area (Å²) in [6, 6.07) is 7.00. The number of pyridine rings is 1. The highest BCUT2D eigenvalue weighted by atomic mass is 19.1. The maximum atomic E-state index is 14.7. The molecule has 3 aromatic rings. The molecule has 9 nitrogen and oxygen atoms in total. The van der Waals surface area contributed by atoms with Crippen molar-refractivity contribution in [2.24, 2.45) is 0 Å². The molecule has 4 rings (SSSR count). The van der Waals surface area contributed by atoms with E-state index in [2.05, 4.69) is 20.4 Å². The first-order chi connectivity index (χ1) is 14.1. The number of hydrogen-bond donors (Lipinski definition) is 2. The normalized spacial score (nSPS) is 16.6. The number of nitriles is 1. The zero-order valence-corrected chi connectivity index (χ0v) is 15.4. The average molecular weight is 395 g/mol. The van der Waals surface area contributed by atoms with Crippen LogP contribution in [0.4, 0.5) is 10.2 Å². The molecule has 1 aliphatic rings. The van der Waals surface area contributed by atoms with Gasteiger partial charge in [-0.3, -0.25) is 4.79 Å². The van der Waals surface area contributed by atoms with Gasteiger partial charge in [0.2, 0.25) is 11.7 Å². The fraction of sp³-hybridized carbons (Fsp3) is 0.316. The largest absolute Gasteiger partial charge is 0.387 e. The van der Waals surface area contributed by atoms with E-state index in [1.807, 2.05) is 18.2 Å². The van der Waals surface area contributed by atoms with E-state index in [0.717, 1.165) is 5.52 Å². The number of aromatic nitrogens is 4. The Morgan fingerprint density at radius 2 is 2.28 bits per heavy atom. The van der Waals surface area contributed by atoms with Crippen LogP contribution in [0.5, 0.6) is 0 Å². The number of nitrogens with one attached hydrogen (secondary N) is 1. The number of nitrogens with zero attached hydrogens (tertiary/aromatic N) is 6. The van der Waals surface area contributed by atoms with Crippen molar-refractivity contribution in [1.82, 2.24) is 24.5 Å². The number of amides is 1. The van der Waals surface area contributed by atoms with Crippen molar-refractivity contribution in [2.75, 3.05) is 25.0 Å². The molecule has 10 heteroatoms. The van der Waals surface area contributed by atoms with Gasteiger partial charge < -0.3 is 15.3 Å². The van der Waals surface area contributed by atoms with Crippen LogP contribution in [0.15, 0.2) is 30.6 Å². The van der Waals surface area contributed by atoms with E-state index in [9.17, 15) is 14.4 Å². The van der Waals surface area contributed by atoms with Gasteiger partial charge in [-0.1, -0.05) is 6.07 Å². The van der Waals surface area contributed by atoms with Crippen molar-refractivity contribution in [3.05, 3.63) is 42.1 Å². The molecular weight excluding hydrogens is 377 g/mol. The van der Waals surface area contributed by atoms with Crippen molar-refractivity contribution in [3.63, 3.8) is 0 Å². The maximum Gasteiger partial charge on any atom is 0.248 e. The van der Waals surface area contributed by atoms with E-state index in [1.54, 1.807) is 23.0 Å². The lowest BCUT2D eigenvalue weighted by Gasteiger charge is -2.33. The molecule has 0 aromatic carbocycles. The number of fused-ring (bicyclic) bond motifs is 1. The number of carbonyl (C=O) groups excluding carboxylic acids is 1. The number of hydrogen-bond acceptors (Lipinski definition) is 7. The second kappa shape index (κ2) is 7.81. The molecule has 4 heterocycles. The first-order valence-electron chi connectivity index (χ1n) is 9.16. The molecule has 1 aliphatic heterocycles. The van der Waals surface area contributed by atoms with Gasteiger partial charge in [-0.2, -0.15) is 14.8 Å². The van der Waals surface area contributed by atoms with Crippen molar-refractivity contribution < 1.29 is 14.3 Å². The summed E-state index contributed by atoms with van der Waals surface area (Å²) in [6.07, 6.45) is 4.74. The highest BCUT2D eigenvalue weighted by Gasteiger charge is 2.25. The summed E-state index contributed by atoms with van der Waals surface area (Å²) in [4.78, 5) is 21.6. The third-order valence-corrected chi connectivity index (χ3v) is 4.87. The maximum absolute atomic E-state index is 14.7. The molecule has 0 bridgehead atoms. The average Bonchev–Trinajstić information content (AvgIpc) is 3.19. The second-order valence-electron chi connectivity index (χ2n) is 6.74. The zero-order chi connectivity index (χ0) is 20.4. The molecular formula is C19H18FN7O2. The fourth-order valence-corrected chi connectivity index (χ4v) is 3.46. The van der Waals surface area contributed by atoms with Crippen molar-refractivity contribution in [1.29, 1.82) is 5.26 Å². The minimum atomic E-state index is -0.835. The Balaban J connectivity index is 1.68. The van der Waals surface area contributed by atoms with Crippen LogP contribution in [0.3, 0.4) is 0 Å². The van der Waals surface area contributed by atoms with Crippen LogP contribution in [-0.2, 0) is 4.79 Å². The smallest absolute Gasteiger partial charge is 0.248 e. The van der Waals surface area contributed by atoms with Crippen LogP contribution >= 0.6 is 0 Å². The van der Waals surface area contributed by atoms with Crippen molar-refractivity contribution >= 4 is 17.2 Å². The number of aliphatic hydroxyl groups is 1. The lowest BCUT2D eigenvalue weighted by atomic mass is 10.1. The fourth-order valence-electron chi connectivity index (χ4n) is 3.46. The van der Waals surface area contributed by atoms with E-state index >= 15 is 0 Å².